The molecule has 2 amide bonds. The summed E-state index contributed by atoms with van der Waals surface area (Å²) in [6.45, 7) is 3.92. The number of ether oxygens (including phenoxy) is 1. The third-order valence-electron chi connectivity index (χ3n) is 5.81. The number of anilines is 1. The first-order chi connectivity index (χ1) is 16.1. The number of benzene rings is 2. The number of methoxy groups -OCH3 is 1. The zero-order chi connectivity index (χ0) is 24.9. The van der Waals surface area contributed by atoms with Gasteiger partial charge in [-0.15, -0.1) is 0 Å². The zero-order valence-electron chi connectivity index (χ0n) is 19.5. The minimum absolute atomic E-state index is 0.00351. The van der Waals surface area contributed by atoms with Gasteiger partial charge in [0.2, 0.25) is 21.8 Å². The Balaban J connectivity index is 1.66. The summed E-state index contributed by atoms with van der Waals surface area (Å²) in [5.41, 5.74) is 0.569. The van der Waals surface area contributed by atoms with Gasteiger partial charge in [0.05, 0.1) is 17.9 Å². The number of carbonyl (C=O) groups is 2. The highest BCUT2D eigenvalue weighted by atomic mass is 32.2. The van der Waals surface area contributed by atoms with Gasteiger partial charge >= 0.3 is 0 Å². The lowest BCUT2D eigenvalue weighted by atomic mass is 9.96. The lowest BCUT2D eigenvalue weighted by Crippen LogP contribution is -2.52. The SMILES string of the molecule is COc1ccc(NC(=O)[C@@H](NC(=O)[C@@H]2CCCN(S(=O)(=O)c3ccc(F)cc3)C2)C(C)C)cc1. The van der Waals surface area contributed by atoms with Crippen molar-refractivity contribution in [2.24, 2.45) is 11.8 Å². The number of nitrogens with zero attached hydrogens (tertiary/aromatic N) is 1. The molecule has 1 fully saturated rings. The monoisotopic (exact) mass is 491 g/mol. The second-order valence-electron chi connectivity index (χ2n) is 8.60. The van der Waals surface area contributed by atoms with Crippen LogP contribution in [0.4, 0.5) is 10.1 Å². The molecule has 1 aliphatic heterocycles. The van der Waals surface area contributed by atoms with Gasteiger partial charge in [0.1, 0.15) is 17.6 Å². The molecule has 184 valence electrons. The topological polar surface area (TPSA) is 105 Å². The number of halogens is 1. The molecule has 1 saturated heterocycles. The molecule has 0 aromatic heterocycles. The Morgan fingerprint density at radius 3 is 2.32 bits per heavy atom. The quantitative estimate of drug-likeness (QED) is 0.591. The molecule has 0 radical (unpaired) electrons. The summed E-state index contributed by atoms with van der Waals surface area (Å²) in [4.78, 5) is 25.9. The largest absolute Gasteiger partial charge is 0.497 e. The average Bonchev–Trinajstić information content (AvgIpc) is 2.83. The van der Waals surface area contributed by atoms with Crippen molar-refractivity contribution in [3.05, 3.63) is 54.3 Å². The maximum atomic E-state index is 13.2. The predicted octanol–water partition coefficient (Wildman–Crippen LogP) is 3.01. The number of rotatable bonds is 8. The van der Waals surface area contributed by atoms with Crippen molar-refractivity contribution in [1.82, 2.24) is 9.62 Å². The molecule has 0 saturated carbocycles. The molecule has 1 aliphatic rings. The highest BCUT2D eigenvalue weighted by Gasteiger charge is 2.35. The average molecular weight is 492 g/mol. The Labute approximate surface area is 199 Å². The molecule has 0 bridgehead atoms. The third-order valence-corrected chi connectivity index (χ3v) is 7.69. The van der Waals surface area contributed by atoms with Crippen LogP contribution in [0.25, 0.3) is 0 Å². The van der Waals surface area contributed by atoms with E-state index in [4.69, 9.17) is 4.74 Å². The van der Waals surface area contributed by atoms with Crippen LogP contribution >= 0.6 is 0 Å². The summed E-state index contributed by atoms with van der Waals surface area (Å²) in [5, 5.41) is 5.60. The van der Waals surface area contributed by atoms with E-state index in [1.54, 1.807) is 31.4 Å². The second-order valence-corrected chi connectivity index (χ2v) is 10.5. The van der Waals surface area contributed by atoms with Crippen LogP contribution in [0, 0.1) is 17.7 Å². The van der Waals surface area contributed by atoms with Gasteiger partial charge in [0.15, 0.2) is 0 Å². The van der Waals surface area contributed by atoms with Crippen LogP contribution in [0.5, 0.6) is 5.75 Å². The number of hydrogen-bond donors (Lipinski definition) is 2. The highest BCUT2D eigenvalue weighted by Crippen LogP contribution is 2.24. The van der Waals surface area contributed by atoms with E-state index in [9.17, 15) is 22.4 Å². The summed E-state index contributed by atoms with van der Waals surface area (Å²) in [5.74, 6) is -1.39. The molecule has 2 aromatic carbocycles. The number of hydrogen-bond acceptors (Lipinski definition) is 5. The Bertz CT molecular complexity index is 1100. The standard InChI is InChI=1S/C24H30FN3O5S/c1-16(2)22(24(30)26-19-8-10-20(33-3)11-9-19)27-23(29)17-5-4-14-28(15-17)34(31,32)21-12-6-18(25)7-13-21/h6-13,16-17,22H,4-5,14-15H2,1-3H3,(H,26,30)(H,27,29)/t17-,22+/m1/s1. The lowest BCUT2D eigenvalue weighted by Gasteiger charge is -2.32. The van der Waals surface area contributed by atoms with Crippen molar-refractivity contribution in [3.63, 3.8) is 0 Å². The third kappa shape index (κ3) is 6.12. The van der Waals surface area contributed by atoms with Crippen molar-refractivity contribution in [1.29, 1.82) is 0 Å². The fourth-order valence-corrected chi connectivity index (χ4v) is 5.35. The number of carbonyl (C=O) groups excluding carboxylic acids is 2. The first kappa shape index (κ1) is 25.6. The van der Waals surface area contributed by atoms with Crippen molar-refractivity contribution >= 4 is 27.5 Å². The molecule has 34 heavy (non-hydrogen) atoms. The number of nitrogens with one attached hydrogen (secondary N) is 2. The minimum Gasteiger partial charge on any atom is -0.497 e. The molecule has 0 unspecified atom stereocenters. The van der Waals surface area contributed by atoms with Gasteiger partial charge in [0.25, 0.3) is 0 Å². The Kier molecular flexibility index (Phi) is 8.27. The molecule has 1 heterocycles. The van der Waals surface area contributed by atoms with Crippen LogP contribution in [0.3, 0.4) is 0 Å². The first-order valence-corrected chi connectivity index (χ1v) is 12.6. The summed E-state index contributed by atoms with van der Waals surface area (Å²) in [7, 11) is -2.30. The molecule has 2 N–H and O–H groups in total. The number of piperidine rings is 1. The lowest BCUT2D eigenvalue weighted by molar-refractivity contribution is -0.130. The first-order valence-electron chi connectivity index (χ1n) is 11.1. The van der Waals surface area contributed by atoms with E-state index in [-0.39, 0.29) is 35.7 Å². The van der Waals surface area contributed by atoms with Gasteiger partial charge in [-0.1, -0.05) is 13.8 Å². The molecule has 10 heteroatoms. The van der Waals surface area contributed by atoms with Crippen molar-refractivity contribution in [2.45, 2.75) is 37.6 Å². The summed E-state index contributed by atoms with van der Waals surface area (Å²) < 4.78 is 45.5. The van der Waals surface area contributed by atoms with E-state index in [2.05, 4.69) is 10.6 Å². The fraction of sp³-hybridized carbons (Fsp3) is 0.417. The summed E-state index contributed by atoms with van der Waals surface area (Å²) >= 11 is 0. The van der Waals surface area contributed by atoms with Crippen LogP contribution in [0.1, 0.15) is 26.7 Å². The van der Waals surface area contributed by atoms with Gasteiger partial charge in [-0.3, -0.25) is 9.59 Å². The summed E-state index contributed by atoms with van der Waals surface area (Å²) in [6.07, 6.45) is 1.01. The van der Waals surface area contributed by atoms with Crippen LogP contribution in [-0.4, -0.2) is 50.8 Å². The minimum atomic E-state index is -3.86. The second kappa shape index (κ2) is 11.0. The molecule has 3 rings (SSSR count). The van der Waals surface area contributed by atoms with E-state index in [0.29, 0.717) is 24.3 Å². The van der Waals surface area contributed by atoms with E-state index in [1.807, 2.05) is 13.8 Å². The number of amides is 2. The molecule has 8 nitrogen and oxygen atoms in total. The van der Waals surface area contributed by atoms with Crippen LogP contribution in [0.2, 0.25) is 0 Å². The number of sulfonamides is 1. The molecular formula is C24H30FN3O5S. The maximum Gasteiger partial charge on any atom is 0.247 e. The van der Waals surface area contributed by atoms with Gasteiger partial charge < -0.3 is 15.4 Å². The van der Waals surface area contributed by atoms with Gasteiger partial charge in [-0.05, 0) is 67.3 Å². The molecule has 0 spiro atoms. The van der Waals surface area contributed by atoms with E-state index in [0.717, 1.165) is 12.1 Å². The van der Waals surface area contributed by atoms with E-state index in [1.165, 1.54) is 16.4 Å². The fourth-order valence-electron chi connectivity index (χ4n) is 3.83. The smallest absolute Gasteiger partial charge is 0.247 e. The van der Waals surface area contributed by atoms with Crippen LogP contribution in [0.15, 0.2) is 53.4 Å². The Morgan fingerprint density at radius 2 is 1.74 bits per heavy atom. The maximum absolute atomic E-state index is 13.2. The van der Waals surface area contributed by atoms with E-state index < -0.39 is 27.8 Å². The summed E-state index contributed by atoms with van der Waals surface area (Å²) in [6, 6.07) is 10.7. The van der Waals surface area contributed by atoms with Crippen LogP contribution in [-0.2, 0) is 19.6 Å². The van der Waals surface area contributed by atoms with Crippen molar-refractivity contribution in [2.75, 3.05) is 25.5 Å². The molecular weight excluding hydrogens is 461 g/mol. The highest BCUT2D eigenvalue weighted by molar-refractivity contribution is 7.89. The Hall–Kier alpha value is -2.98. The molecule has 0 aliphatic carbocycles. The van der Waals surface area contributed by atoms with Crippen molar-refractivity contribution < 1.29 is 27.1 Å². The van der Waals surface area contributed by atoms with Gasteiger partial charge in [0, 0.05) is 18.8 Å². The van der Waals surface area contributed by atoms with Crippen LogP contribution < -0.4 is 15.4 Å². The van der Waals surface area contributed by atoms with Crippen molar-refractivity contribution in [3.8, 4) is 5.75 Å². The van der Waals surface area contributed by atoms with E-state index >= 15 is 0 Å². The van der Waals surface area contributed by atoms with Gasteiger partial charge in [-0.2, -0.15) is 4.31 Å². The Morgan fingerprint density at radius 1 is 1.09 bits per heavy atom. The molecule has 2 atom stereocenters. The van der Waals surface area contributed by atoms with Gasteiger partial charge in [-0.25, -0.2) is 12.8 Å². The molecule has 2 aromatic rings. The normalized spacial score (nSPS) is 17.7. The predicted molar refractivity (Wildman–Crippen MR) is 126 cm³/mol. The zero-order valence-corrected chi connectivity index (χ0v) is 20.3.